The third-order valence-electron chi connectivity index (χ3n) is 3.91. The number of aryl methyl sites for hydroxylation is 1. The zero-order chi connectivity index (χ0) is 16.5. The topological polar surface area (TPSA) is 60.1 Å². The molecule has 0 bridgehead atoms. The van der Waals surface area contributed by atoms with E-state index < -0.39 is 0 Å². The van der Waals surface area contributed by atoms with Crippen LogP contribution in [0.2, 0.25) is 0 Å². The van der Waals surface area contributed by atoms with E-state index in [4.69, 9.17) is 9.47 Å². The maximum Gasteiger partial charge on any atom is 0.163 e. The minimum Gasteiger partial charge on any atom is -0.486 e. The van der Waals surface area contributed by atoms with Crippen molar-refractivity contribution in [1.29, 1.82) is 5.26 Å². The fourth-order valence-corrected chi connectivity index (χ4v) is 2.80. The van der Waals surface area contributed by atoms with Crippen molar-refractivity contribution >= 4 is 0 Å². The molecule has 5 nitrogen and oxygen atoms in total. The van der Waals surface area contributed by atoms with Crippen molar-refractivity contribution in [3.63, 3.8) is 0 Å². The predicted octanol–water partition coefficient (Wildman–Crippen LogP) is 3.49. The maximum atomic E-state index is 9.25. The highest BCUT2D eigenvalue weighted by molar-refractivity contribution is 5.67. The summed E-state index contributed by atoms with van der Waals surface area (Å²) in [4.78, 5) is 0. The fraction of sp³-hybridized carbons (Fsp3) is 0.158. The fourth-order valence-electron chi connectivity index (χ4n) is 2.80. The molecular weight excluding hydrogens is 302 g/mol. The van der Waals surface area contributed by atoms with Crippen LogP contribution in [0.5, 0.6) is 11.5 Å². The van der Waals surface area contributed by atoms with Gasteiger partial charge < -0.3 is 9.47 Å². The lowest BCUT2D eigenvalue weighted by Gasteiger charge is -2.19. The average Bonchev–Trinajstić information content (AvgIpc) is 3.06. The Balaban J connectivity index is 1.86. The second-order valence-electron chi connectivity index (χ2n) is 5.64. The number of nitrogens with zero attached hydrogens (tertiary/aromatic N) is 3. The molecule has 1 aromatic heterocycles. The monoisotopic (exact) mass is 317 g/mol. The van der Waals surface area contributed by atoms with Crippen LogP contribution >= 0.6 is 0 Å². The minimum atomic E-state index is 0.376. The minimum absolute atomic E-state index is 0.376. The van der Waals surface area contributed by atoms with E-state index in [0.717, 1.165) is 28.3 Å². The molecule has 0 N–H and O–H groups in total. The van der Waals surface area contributed by atoms with Gasteiger partial charge >= 0.3 is 0 Å². The van der Waals surface area contributed by atoms with E-state index in [0.29, 0.717) is 24.7 Å². The number of hydrogen-bond donors (Lipinski definition) is 0. The molecule has 2 heterocycles. The summed E-state index contributed by atoms with van der Waals surface area (Å²) in [5.41, 5.74) is 4.20. The van der Waals surface area contributed by atoms with Crippen molar-refractivity contribution in [1.82, 2.24) is 9.78 Å². The Morgan fingerprint density at radius 2 is 1.88 bits per heavy atom. The summed E-state index contributed by atoms with van der Waals surface area (Å²) in [7, 11) is 0. The zero-order valence-corrected chi connectivity index (χ0v) is 13.2. The van der Waals surface area contributed by atoms with Crippen LogP contribution in [0.1, 0.15) is 11.3 Å². The van der Waals surface area contributed by atoms with Crippen LogP contribution in [0, 0.1) is 18.3 Å². The van der Waals surface area contributed by atoms with Gasteiger partial charge in [-0.1, -0.05) is 12.1 Å². The third kappa shape index (κ3) is 2.48. The van der Waals surface area contributed by atoms with Crippen molar-refractivity contribution in [2.45, 2.75) is 6.92 Å². The molecule has 4 rings (SSSR count). The number of ether oxygens (including phenoxy) is 2. The molecule has 0 spiro atoms. The Labute approximate surface area is 139 Å². The first kappa shape index (κ1) is 14.3. The SMILES string of the molecule is Cc1cccc(-n2nc(C#N)cc2-c2ccc3c(c2)OCCO3)c1. The van der Waals surface area contributed by atoms with E-state index in [1.807, 2.05) is 49.4 Å². The Bertz CT molecular complexity index is 953. The van der Waals surface area contributed by atoms with E-state index in [1.54, 1.807) is 10.7 Å². The van der Waals surface area contributed by atoms with Crippen LogP contribution < -0.4 is 9.47 Å². The largest absolute Gasteiger partial charge is 0.486 e. The number of rotatable bonds is 2. The highest BCUT2D eigenvalue weighted by Gasteiger charge is 2.16. The third-order valence-corrected chi connectivity index (χ3v) is 3.91. The molecule has 24 heavy (non-hydrogen) atoms. The average molecular weight is 317 g/mol. The maximum absolute atomic E-state index is 9.25. The van der Waals surface area contributed by atoms with Crippen LogP contribution in [0.25, 0.3) is 16.9 Å². The van der Waals surface area contributed by atoms with Gasteiger partial charge in [-0.15, -0.1) is 0 Å². The van der Waals surface area contributed by atoms with E-state index in [1.165, 1.54) is 0 Å². The number of aromatic nitrogens is 2. The molecule has 2 aromatic carbocycles. The molecule has 1 aliphatic heterocycles. The first-order valence-corrected chi connectivity index (χ1v) is 7.72. The summed E-state index contributed by atoms with van der Waals surface area (Å²) < 4.78 is 13.0. The van der Waals surface area contributed by atoms with Crippen LogP contribution in [0.3, 0.4) is 0 Å². The predicted molar refractivity (Wildman–Crippen MR) is 89.4 cm³/mol. The zero-order valence-electron chi connectivity index (χ0n) is 13.2. The van der Waals surface area contributed by atoms with Crippen molar-refractivity contribution < 1.29 is 9.47 Å². The quantitative estimate of drug-likeness (QED) is 0.726. The number of nitriles is 1. The molecule has 0 aliphatic carbocycles. The molecule has 0 radical (unpaired) electrons. The molecule has 0 saturated heterocycles. The first-order chi connectivity index (χ1) is 11.7. The van der Waals surface area contributed by atoms with Gasteiger partial charge in [0.1, 0.15) is 19.3 Å². The summed E-state index contributed by atoms with van der Waals surface area (Å²) in [6.07, 6.45) is 0. The van der Waals surface area contributed by atoms with Gasteiger partial charge in [0.2, 0.25) is 0 Å². The van der Waals surface area contributed by atoms with E-state index in [-0.39, 0.29) is 0 Å². The van der Waals surface area contributed by atoms with Crippen molar-refractivity contribution in [3.05, 3.63) is 59.8 Å². The normalized spacial score (nSPS) is 12.7. The van der Waals surface area contributed by atoms with Gasteiger partial charge in [-0.25, -0.2) is 4.68 Å². The van der Waals surface area contributed by atoms with Crippen molar-refractivity contribution in [2.24, 2.45) is 0 Å². The molecule has 0 amide bonds. The van der Waals surface area contributed by atoms with E-state index in [9.17, 15) is 5.26 Å². The van der Waals surface area contributed by atoms with Gasteiger partial charge in [0, 0.05) is 11.6 Å². The standard InChI is InChI=1S/C19H15N3O2/c1-13-3-2-4-16(9-13)22-17(11-15(12-20)21-22)14-5-6-18-19(10-14)24-8-7-23-18/h2-6,9-11H,7-8H2,1H3. The molecule has 118 valence electrons. The highest BCUT2D eigenvalue weighted by Crippen LogP contribution is 2.35. The Hall–Kier alpha value is -3.26. The molecule has 0 unspecified atom stereocenters. The molecule has 0 fully saturated rings. The second-order valence-corrected chi connectivity index (χ2v) is 5.64. The van der Waals surface area contributed by atoms with Gasteiger partial charge in [0.15, 0.2) is 17.2 Å². The lowest BCUT2D eigenvalue weighted by Crippen LogP contribution is -2.15. The number of fused-ring (bicyclic) bond motifs is 1. The molecule has 0 atom stereocenters. The van der Waals surface area contributed by atoms with Gasteiger partial charge in [-0.2, -0.15) is 10.4 Å². The first-order valence-electron chi connectivity index (χ1n) is 7.72. The van der Waals surface area contributed by atoms with Gasteiger partial charge in [0.25, 0.3) is 0 Å². The van der Waals surface area contributed by atoms with Gasteiger partial charge in [0.05, 0.1) is 11.4 Å². The van der Waals surface area contributed by atoms with Crippen molar-refractivity contribution in [2.75, 3.05) is 13.2 Å². The number of benzene rings is 2. The molecule has 3 aromatic rings. The van der Waals surface area contributed by atoms with Crippen LogP contribution in [0.15, 0.2) is 48.5 Å². The Kier molecular flexibility index (Phi) is 3.43. The summed E-state index contributed by atoms with van der Waals surface area (Å²) >= 11 is 0. The van der Waals surface area contributed by atoms with Gasteiger partial charge in [-0.05, 0) is 42.8 Å². The van der Waals surface area contributed by atoms with Crippen molar-refractivity contribution in [3.8, 4) is 34.5 Å². The highest BCUT2D eigenvalue weighted by atomic mass is 16.6. The molecule has 5 heteroatoms. The Morgan fingerprint density at radius 3 is 2.67 bits per heavy atom. The molecule has 1 aliphatic rings. The lowest BCUT2D eigenvalue weighted by molar-refractivity contribution is 0.171. The lowest BCUT2D eigenvalue weighted by atomic mass is 10.1. The summed E-state index contributed by atoms with van der Waals surface area (Å²) in [5, 5.41) is 13.7. The number of hydrogen-bond acceptors (Lipinski definition) is 4. The summed E-state index contributed by atoms with van der Waals surface area (Å²) in [6, 6.07) is 17.7. The molecule has 0 saturated carbocycles. The van der Waals surface area contributed by atoms with Gasteiger partial charge in [-0.3, -0.25) is 0 Å². The van der Waals surface area contributed by atoms with Crippen LogP contribution in [0.4, 0.5) is 0 Å². The second kappa shape index (κ2) is 5.74. The van der Waals surface area contributed by atoms with E-state index >= 15 is 0 Å². The van der Waals surface area contributed by atoms with Crippen LogP contribution in [-0.2, 0) is 0 Å². The van der Waals surface area contributed by atoms with Crippen LogP contribution in [-0.4, -0.2) is 23.0 Å². The van der Waals surface area contributed by atoms with E-state index in [2.05, 4.69) is 11.2 Å². The summed E-state index contributed by atoms with van der Waals surface area (Å²) in [6.45, 7) is 3.13. The molecular formula is C19H15N3O2. The smallest absolute Gasteiger partial charge is 0.163 e. The summed E-state index contributed by atoms with van der Waals surface area (Å²) in [5.74, 6) is 1.46. The Morgan fingerprint density at radius 1 is 1.04 bits per heavy atom.